The molecule has 1 spiro atoms. The molecule has 3 atom stereocenters. The molecule has 1 amide bonds. The second-order valence-electron chi connectivity index (χ2n) is 7.15. The third kappa shape index (κ3) is 2.18. The van der Waals surface area contributed by atoms with Gasteiger partial charge in [0.15, 0.2) is 0 Å². The molecule has 3 aliphatic rings. The van der Waals surface area contributed by atoms with E-state index in [2.05, 4.69) is 48.3 Å². The van der Waals surface area contributed by atoms with Crippen LogP contribution in [0.15, 0.2) is 24.3 Å². The number of hydrogen-bond acceptors (Lipinski definition) is 2. The highest BCUT2D eigenvalue weighted by atomic mass is 16.2. The molecular formula is C18H24N2O. The molecule has 21 heavy (non-hydrogen) atoms. The van der Waals surface area contributed by atoms with Crippen LogP contribution in [0.3, 0.4) is 0 Å². The van der Waals surface area contributed by atoms with E-state index in [4.69, 9.17) is 0 Å². The Morgan fingerprint density at radius 1 is 1.29 bits per heavy atom. The molecule has 1 N–H and O–H groups in total. The standard InChI is InChI=1S/C18H24N2O/c1-3-13-4-6-14(7-5-13)16-19-18(8-9-18)17(21)20(16)11-15-10-12(15)2/h4-7,12,15-16,19H,3,8-11H2,1-2H3. The molecule has 0 aromatic heterocycles. The summed E-state index contributed by atoms with van der Waals surface area (Å²) < 4.78 is 0. The molecule has 1 heterocycles. The Hall–Kier alpha value is -1.35. The lowest BCUT2D eigenvalue weighted by Gasteiger charge is -2.25. The lowest BCUT2D eigenvalue weighted by Crippen LogP contribution is -2.33. The molecular weight excluding hydrogens is 260 g/mol. The highest BCUT2D eigenvalue weighted by molar-refractivity contribution is 5.92. The minimum absolute atomic E-state index is 0.0821. The van der Waals surface area contributed by atoms with Crippen LogP contribution < -0.4 is 5.32 Å². The van der Waals surface area contributed by atoms with E-state index >= 15 is 0 Å². The van der Waals surface area contributed by atoms with E-state index in [1.54, 1.807) is 0 Å². The van der Waals surface area contributed by atoms with Crippen molar-refractivity contribution in [2.75, 3.05) is 6.54 Å². The first-order valence-corrected chi connectivity index (χ1v) is 8.30. The topological polar surface area (TPSA) is 32.3 Å². The van der Waals surface area contributed by atoms with Gasteiger partial charge < -0.3 is 4.90 Å². The summed E-state index contributed by atoms with van der Waals surface area (Å²) in [5.74, 6) is 1.84. The number of rotatable bonds is 4. The number of carbonyl (C=O) groups is 1. The van der Waals surface area contributed by atoms with Crippen LogP contribution in [0, 0.1) is 11.8 Å². The van der Waals surface area contributed by atoms with Gasteiger partial charge in [-0.3, -0.25) is 10.1 Å². The Bertz CT molecular complexity index is 561. The van der Waals surface area contributed by atoms with E-state index in [0.29, 0.717) is 11.8 Å². The van der Waals surface area contributed by atoms with Crippen LogP contribution in [0.5, 0.6) is 0 Å². The second kappa shape index (κ2) is 4.57. The monoisotopic (exact) mass is 284 g/mol. The first-order chi connectivity index (χ1) is 10.1. The average molecular weight is 284 g/mol. The van der Waals surface area contributed by atoms with Gasteiger partial charge in [0, 0.05) is 6.54 Å². The van der Waals surface area contributed by atoms with Gasteiger partial charge in [-0.05, 0) is 48.6 Å². The Morgan fingerprint density at radius 2 is 1.95 bits per heavy atom. The van der Waals surface area contributed by atoms with E-state index in [1.165, 1.54) is 17.5 Å². The summed E-state index contributed by atoms with van der Waals surface area (Å²) in [6, 6.07) is 8.76. The van der Waals surface area contributed by atoms with Gasteiger partial charge in [-0.2, -0.15) is 0 Å². The molecule has 0 radical (unpaired) electrons. The third-order valence-electron chi connectivity index (χ3n) is 5.56. The number of amides is 1. The average Bonchev–Trinajstić information content (AvgIpc) is 3.39. The lowest BCUT2D eigenvalue weighted by molar-refractivity contribution is -0.131. The fourth-order valence-electron chi connectivity index (χ4n) is 3.57. The summed E-state index contributed by atoms with van der Waals surface area (Å²) >= 11 is 0. The fraction of sp³-hybridized carbons (Fsp3) is 0.611. The summed E-state index contributed by atoms with van der Waals surface area (Å²) in [6.07, 6.45) is 4.43. The highest BCUT2D eigenvalue weighted by Gasteiger charge is 2.60. The summed E-state index contributed by atoms with van der Waals surface area (Å²) in [5, 5.41) is 3.62. The van der Waals surface area contributed by atoms with Crippen molar-refractivity contribution in [3.8, 4) is 0 Å². The van der Waals surface area contributed by atoms with Crippen molar-refractivity contribution in [1.29, 1.82) is 0 Å². The SMILES string of the molecule is CCc1ccc(C2NC3(CC3)C(=O)N2CC2CC2C)cc1. The molecule has 4 rings (SSSR count). The summed E-state index contributed by atoms with van der Waals surface area (Å²) in [7, 11) is 0. The van der Waals surface area contributed by atoms with Crippen LogP contribution in [0.1, 0.15) is 50.4 Å². The molecule has 2 saturated carbocycles. The predicted octanol–water partition coefficient (Wildman–Crippen LogP) is 2.87. The normalized spacial score (nSPS) is 32.8. The Kier molecular flexibility index (Phi) is 2.90. The smallest absolute Gasteiger partial charge is 0.244 e. The maximum atomic E-state index is 12.7. The Balaban J connectivity index is 1.59. The second-order valence-corrected chi connectivity index (χ2v) is 7.15. The van der Waals surface area contributed by atoms with Crippen LogP contribution >= 0.6 is 0 Å². The molecule has 112 valence electrons. The number of hydrogen-bond donors (Lipinski definition) is 1. The van der Waals surface area contributed by atoms with E-state index < -0.39 is 0 Å². The summed E-state index contributed by atoms with van der Waals surface area (Å²) in [5.41, 5.74) is 2.37. The van der Waals surface area contributed by atoms with E-state index in [9.17, 15) is 4.79 Å². The molecule has 3 nitrogen and oxygen atoms in total. The van der Waals surface area contributed by atoms with Gasteiger partial charge in [0.05, 0.1) is 0 Å². The number of nitrogens with one attached hydrogen (secondary N) is 1. The molecule has 1 aromatic carbocycles. The first-order valence-electron chi connectivity index (χ1n) is 8.30. The zero-order chi connectivity index (χ0) is 14.6. The highest BCUT2D eigenvalue weighted by Crippen LogP contribution is 2.48. The van der Waals surface area contributed by atoms with Crippen LogP contribution in [0.25, 0.3) is 0 Å². The van der Waals surface area contributed by atoms with Gasteiger partial charge in [0.2, 0.25) is 5.91 Å². The van der Waals surface area contributed by atoms with Crippen molar-refractivity contribution in [2.45, 2.75) is 51.2 Å². The number of aryl methyl sites for hydroxylation is 1. The molecule has 0 bridgehead atoms. The van der Waals surface area contributed by atoms with Crippen molar-refractivity contribution in [2.24, 2.45) is 11.8 Å². The zero-order valence-electron chi connectivity index (χ0n) is 12.9. The van der Waals surface area contributed by atoms with Gasteiger partial charge in [-0.15, -0.1) is 0 Å². The van der Waals surface area contributed by atoms with E-state index in [-0.39, 0.29) is 11.7 Å². The minimum Gasteiger partial charge on any atom is -0.321 e. The maximum Gasteiger partial charge on any atom is 0.244 e. The van der Waals surface area contributed by atoms with Crippen LogP contribution in [0.4, 0.5) is 0 Å². The van der Waals surface area contributed by atoms with Crippen LogP contribution in [-0.2, 0) is 11.2 Å². The van der Waals surface area contributed by atoms with Crippen molar-refractivity contribution in [3.05, 3.63) is 35.4 Å². The molecule has 2 aliphatic carbocycles. The van der Waals surface area contributed by atoms with Gasteiger partial charge in [0.25, 0.3) is 0 Å². The van der Waals surface area contributed by atoms with Crippen molar-refractivity contribution < 1.29 is 4.79 Å². The quantitative estimate of drug-likeness (QED) is 0.922. The zero-order valence-corrected chi connectivity index (χ0v) is 12.9. The summed E-state index contributed by atoms with van der Waals surface area (Å²) in [6.45, 7) is 5.39. The van der Waals surface area contributed by atoms with Crippen LogP contribution in [0.2, 0.25) is 0 Å². The van der Waals surface area contributed by atoms with E-state index in [1.807, 2.05) is 0 Å². The predicted molar refractivity (Wildman–Crippen MR) is 82.6 cm³/mol. The Morgan fingerprint density at radius 3 is 2.48 bits per heavy atom. The van der Waals surface area contributed by atoms with Crippen molar-refractivity contribution in [1.82, 2.24) is 10.2 Å². The van der Waals surface area contributed by atoms with Crippen molar-refractivity contribution >= 4 is 5.91 Å². The van der Waals surface area contributed by atoms with Gasteiger partial charge in [-0.25, -0.2) is 0 Å². The molecule has 3 unspecified atom stereocenters. The largest absolute Gasteiger partial charge is 0.321 e. The molecule has 1 aliphatic heterocycles. The van der Waals surface area contributed by atoms with Gasteiger partial charge in [0.1, 0.15) is 11.7 Å². The minimum atomic E-state index is -0.216. The lowest BCUT2D eigenvalue weighted by atomic mass is 10.1. The number of nitrogens with zero attached hydrogens (tertiary/aromatic N) is 1. The summed E-state index contributed by atoms with van der Waals surface area (Å²) in [4.78, 5) is 14.8. The molecule has 3 heteroatoms. The van der Waals surface area contributed by atoms with E-state index in [0.717, 1.165) is 31.7 Å². The third-order valence-corrected chi connectivity index (χ3v) is 5.56. The molecule has 1 aromatic rings. The first kappa shape index (κ1) is 13.3. The molecule has 3 fully saturated rings. The molecule has 1 saturated heterocycles. The van der Waals surface area contributed by atoms with Gasteiger partial charge >= 0.3 is 0 Å². The van der Waals surface area contributed by atoms with Crippen molar-refractivity contribution in [3.63, 3.8) is 0 Å². The Labute approximate surface area is 126 Å². The fourth-order valence-corrected chi connectivity index (χ4v) is 3.57. The maximum absolute atomic E-state index is 12.7. The number of carbonyl (C=O) groups excluding carboxylic acids is 1. The number of benzene rings is 1. The van der Waals surface area contributed by atoms with Crippen LogP contribution in [-0.4, -0.2) is 22.9 Å². The van der Waals surface area contributed by atoms with Gasteiger partial charge in [-0.1, -0.05) is 38.1 Å².